The van der Waals surface area contributed by atoms with Gasteiger partial charge in [0.05, 0.1) is 0 Å². The van der Waals surface area contributed by atoms with Crippen molar-refractivity contribution in [3.05, 3.63) is 36.0 Å². The molecule has 0 radical (unpaired) electrons. The lowest BCUT2D eigenvalue weighted by atomic mass is 9.95. The summed E-state index contributed by atoms with van der Waals surface area (Å²) < 4.78 is 0. The first-order chi connectivity index (χ1) is 15.5. The monoisotopic (exact) mass is 444 g/mol. The van der Waals surface area contributed by atoms with E-state index in [4.69, 9.17) is 5.21 Å². The number of rotatable bonds is 14. The number of amides is 3. The van der Waals surface area contributed by atoms with Gasteiger partial charge in [-0.15, -0.1) is 0 Å². The van der Waals surface area contributed by atoms with Crippen molar-refractivity contribution in [2.24, 2.45) is 5.92 Å². The highest BCUT2D eigenvalue weighted by atomic mass is 16.5. The zero-order valence-corrected chi connectivity index (χ0v) is 19.1. The molecule has 8 heteroatoms. The summed E-state index contributed by atoms with van der Waals surface area (Å²) in [5.74, 6) is -1.86. The Kier molecular flexibility index (Phi) is 10.7. The molecule has 2 rings (SSSR count). The molecule has 1 aromatic carbocycles. The van der Waals surface area contributed by atoms with Gasteiger partial charge < -0.3 is 15.6 Å². The minimum Gasteiger partial charge on any atom is -0.361 e. The molecule has 0 unspecified atom stereocenters. The molecule has 0 fully saturated rings. The Bertz CT molecular complexity index is 880. The summed E-state index contributed by atoms with van der Waals surface area (Å²) in [6.07, 6.45) is 8.99. The van der Waals surface area contributed by atoms with Crippen LogP contribution in [0.15, 0.2) is 30.5 Å². The first kappa shape index (κ1) is 25.4. The van der Waals surface area contributed by atoms with Crippen molar-refractivity contribution >= 4 is 28.6 Å². The van der Waals surface area contributed by atoms with E-state index in [2.05, 4.69) is 22.5 Å². The lowest BCUT2D eigenvalue weighted by molar-refractivity contribution is -0.136. The summed E-state index contributed by atoms with van der Waals surface area (Å²) >= 11 is 0. The van der Waals surface area contributed by atoms with Crippen LogP contribution in [0.3, 0.4) is 0 Å². The van der Waals surface area contributed by atoms with E-state index >= 15 is 0 Å². The van der Waals surface area contributed by atoms with Gasteiger partial charge in [-0.2, -0.15) is 0 Å². The van der Waals surface area contributed by atoms with E-state index < -0.39 is 17.9 Å². The normalized spacial score (nSPS) is 12.8. The van der Waals surface area contributed by atoms with Crippen molar-refractivity contribution in [1.29, 1.82) is 0 Å². The van der Waals surface area contributed by atoms with Gasteiger partial charge in [0.25, 0.3) is 0 Å². The minimum absolute atomic E-state index is 0.120. The van der Waals surface area contributed by atoms with Crippen LogP contribution in [0.25, 0.3) is 10.9 Å². The third-order valence-electron chi connectivity index (χ3n) is 5.81. The fourth-order valence-electron chi connectivity index (χ4n) is 3.96. The number of carbonyl (C=O) groups excluding carboxylic acids is 3. The van der Waals surface area contributed by atoms with Gasteiger partial charge in [0, 0.05) is 42.9 Å². The SMILES string of the molecule is CCCCCCCC[C@H](CC(=O)NO)C(=O)N[C@@H](Cc1c[nH]c2ccccc12)C(=O)NC. The minimum atomic E-state index is -0.768. The lowest BCUT2D eigenvalue weighted by Gasteiger charge is -2.21. The molecule has 0 aliphatic heterocycles. The van der Waals surface area contributed by atoms with Gasteiger partial charge in [0.1, 0.15) is 6.04 Å². The van der Waals surface area contributed by atoms with E-state index in [1.165, 1.54) is 19.9 Å². The number of hydrogen-bond donors (Lipinski definition) is 5. The highest BCUT2D eigenvalue weighted by Crippen LogP contribution is 2.20. The largest absolute Gasteiger partial charge is 0.361 e. The fraction of sp³-hybridized carbons (Fsp3) is 0.542. The molecule has 32 heavy (non-hydrogen) atoms. The molecule has 176 valence electrons. The van der Waals surface area contributed by atoms with Gasteiger partial charge in [-0.25, -0.2) is 5.48 Å². The Labute approximate surface area is 189 Å². The Balaban J connectivity index is 2.05. The van der Waals surface area contributed by atoms with Crippen LogP contribution in [-0.2, 0) is 20.8 Å². The Morgan fingerprint density at radius 2 is 1.75 bits per heavy atom. The van der Waals surface area contributed by atoms with Gasteiger partial charge in [-0.05, 0) is 18.1 Å². The highest BCUT2D eigenvalue weighted by Gasteiger charge is 2.27. The summed E-state index contributed by atoms with van der Waals surface area (Å²) in [5, 5.41) is 15.4. The Morgan fingerprint density at radius 3 is 2.47 bits per heavy atom. The van der Waals surface area contributed by atoms with E-state index in [0.29, 0.717) is 12.8 Å². The van der Waals surface area contributed by atoms with Crippen LogP contribution in [0.1, 0.15) is 63.9 Å². The highest BCUT2D eigenvalue weighted by molar-refractivity contribution is 5.91. The second-order valence-corrected chi connectivity index (χ2v) is 8.23. The predicted molar refractivity (Wildman–Crippen MR) is 124 cm³/mol. The van der Waals surface area contributed by atoms with E-state index in [9.17, 15) is 14.4 Å². The molecule has 0 aliphatic carbocycles. The van der Waals surface area contributed by atoms with E-state index in [1.54, 1.807) is 5.48 Å². The Hall–Kier alpha value is -2.87. The molecular weight excluding hydrogens is 408 g/mol. The summed E-state index contributed by atoms with van der Waals surface area (Å²) in [5.41, 5.74) is 3.50. The third kappa shape index (κ3) is 7.67. The predicted octanol–water partition coefficient (Wildman–Crippen LogP) is 3.20. The summed E-state index contributed by atoms with van der Waals surface area (Å²) in [6.45, 7) is 2.16. The molecule has 0 spiro atoms. The maximum atomic E-state index is 13.0. The maximum absolute atomic E-state index is 13.0. The van der Waals surface area contributed by atoms with Crippen molar-refractivity contribution in [3.8, 4) is 0 Å². The molecule has 0 aliphatic rings. The van der Waals surface area contributed by atoms with Crippen molar-refractivity contribution in [2.45, 2.75) is 70.8 Å². The fourth-order valence-corrected chi connectivity index (χ4v) is 3.96. The number of benzene rings is 1. The molecule has 2 aromatic rings. The summed E-state index contributed by atoms with van der Waals surface area (Å²) in [4.78, 5) is 40.5. The second kappa shape index (κ2) is 13.5. The molecular formula is C24H36N4O4. The number of carbonyl (C=O) groups is 3. The maximum Gasteiger partial charge on any atom is 0.244 e. The number of fused-ring (bicyclic) bond motifs is 1. The number of hydrogen-bond acceptors (Lipinski definition) is 4. The van der Waals surface area contributed by atoms with E-state index in [0.717, 1.165) is 42.1 Å². The summed E-state index contributed by atoms with van der Waals surface area (Å²) in [6, 6.07) is 7.01. The Morgan fingerprint density at radius 1 is 1.03 bits per heavy atom. The number of aromatic amines is 1. The molecule has 0 saturated heterocycles. The zero-order chi connectivity index (χ0) is 23.3. The van der Waals surface area contributed by atoms with Crippen LogP contribution in [0.5, 0.6) is 0 Å². The average Bonchev–Trinajstić information content (AvgIpc) is 3.22. The van der Waals surface area contributed by atoms with Gasteiger partial charge in [0.15, 0.2) is 0 Å². The van der Waals surface area contributed by atoms with Crippen molar-refractivity contribution in [2.75, 3.05) is 7.05 Å². The van der Waals surface area contributed by atoms with Gasteiger partial charge in [-0.1, -0.05) is 63.6 Å². The van der Waals surface area contributed by atoms with Crippen LogP contribution in [-0.4, -0.2) is 41.0 Å². The van der Waals surface area contributed by atoms with E-state index in [-0.39, 0.29) is 18.2 Å². The first-order valence-corrected chi connectivity index (χ1v) is 11.5. The van der Waals surface area contributed by atoms with Crippen molar-refractivity contribution in [1.82, 2.24) is 21.1 Å². The lowest BCUT2D eigenvalue weighted by Crippen LogP contribution is -2.49. The van der Waals surface area contributed by atoms with Crippen LogP contribution in [0.2, 0.25) is 0 Å². The summed E-state index contributed by atoms with van der Waals surface area (Å²) in [7, 11) is 1.53. The molecule has 1 heterocycles. The average molecular weight is 445 g/mol. The third-order valence-corrected chi connectivity index (χ3v) is 5.81. The van der Waals surface area contributed by atoms with Gasteiger partial charge in [-0.3, -0.25) is 19.6 Å². The number of hydroxylamine groups is 1. The van der Waals surface area contributed by atoms with Crippen LogP contribution >= 0.6 is 0 Å². The molecule has 2 atom stereocenters. The van der Waals surface area contributed by atoms with E-state index in [1.807, 2.05) is 30.5 Å². The number of nitrogens with one attached hydrogen (secondary N) is 4. The first-order valence-electron chi connectivity index (χ1n) is 11.5. The number of H-pyrrole nitrogens is 1. The van der Waals surface area contributed by atoms with Crippen LogP contribution in [0.4, 0.5) is 0 Å². The standard InChI is InChI=1S/C24H36N4O4/c1-3-4-5-6-7-8-11-17(15-22(29)28-32)23(30)27-21(24(31)25-2)14-18-16-26-20-13-10-9-12-19(18)20/h9-10,12-13,16-17,21,26,32H,3-8,11,14-15H2,1-2H3,(H,25,31)(H,27,30)(H,28,29)/t17-,21+/m1/s1. The second-order valence-electron chi connectivity index (χ2n) is 8.23. The quantitative estimate of drug-likeness (QED) is 0.174. The number of unbranched alkanes of at least 4 members (excludes halogenated alkanes) is 5. The smallest absolute Gasteiger partial charge is 0.244 e. The van der Waals surface area contributed by atoms with Crippen molar-refractivity contribution < 1.29 is 19.6 Å². The van der Waals surface area contributed by atoms with Gasteiger partial charge >= 0.3 is 0 Å². The van der Waals surface area contributed by atoms with Gasteiger partial charge in [0.2, 0.25) is 17.7 Å². The molecule has 0 bridgehead atoms. The topological polar surface area (TPSA) is 123 Å². The van der Waals surface area contributed by atoms with Crippen molar-refractivity contribution in [3.63, 3.8) is 0 Å². The molecule has 1 aromatic heterocycles. The molecule has 8 nitrogen and oxygen atoms in total. The van der Waals surface area contributed by atoms with Crippen LogP contribution < -0.4 is 16.1 Å². The number of likely N-dealkylation sites (N-methyl/N-ethyl adjacent to an activating group) is 1. The molecule has 3 amide bonds. The van der Waals surface area contributed by atoms with Crippen LogP contribution in [0, 0.1) is 5.92 Å². The molecule has 5 N–H and O–H groups in total. The number of aromatic nitrogens is 1. The molecule has 0 saturated carbocycles. The number of para-hydroxylation sites is 1. The zero-order valence-electron chi connectivity index (χ0n) is 19.1.